The molecule has 0 spiro atoms. The van der Waals surface area contributed by atoms with Gasteiger partial charge in [-0.05, 0) is 42.7 Å². The van der Waals surface area contributed by atoms with E-state index >= 15 is 0 Å². The number of nitrogens with one attached hydrogen (secondary N) is 1. The first kappa shape index (κ1) is 18.0. The van der Waals surface area contributed by atoms with Crippen molar-refractivity contribution in [1.29, 1.82) is 0 Å². The molecule has 126 valence electrons. The number of halogens is 1. The van der Waals surface area contributed by atoms with Gasteiger partial charge in [-0.15, -0.1) is 0 Å². The van der Waals surface area contributed by atoms with E-state index in [0.717, 1.165) is 17.5 Å². The zero-order valence-corrected chi connectivity index (χ0v) is 14.6. The minimum atomic E-state index is -0.171. The highest BCUT2D eigenvalue weighted by atomic mass is 35.5. The van der Waals surface area contributed by atoms with Crippen LogP contribution in [-0.4, -0.2) is 18.7 Å². The predicted molar refractivity (Wildman–Crippen MR) is 97.9 cm³/mol. The monoisotopic (exact) mass is 344 g/mol. The largest absolute Gasteiger partial charge is 0.493 e. The topological polar surface area (TPSA) is 50.7 Å². The average molecular weight is 345 g/mol. The highest BCUT2D eigenvalue weighted by Crippen LogP contribution is 2.21. The summed E-state index contributed by atoms with van der Waals surface area (Å²) in [6.45, 7) is 4.55. The Balaban J connectivity index is 1.95. The van der Waals surface area contributed by atoms with Gasteiger partial charge in [0.05, 0.1) is 19.2 Å². The van der Waals surface area contributed by atoms with Crippen LogP contribution in [0.5, 0.6) is 5.75 Å². The molecule has 0 fully saturated rings. The van der Waals surface area contributed by atoms with Gasteiger partial charge >= 0.3 is 0 Å². The van der Waals surface area contributed by atoms with E-state index in [9.17, 15) is 4.79 Å². The van der Waals surface area contributed by atoms with Gasteiger partial charge in [-0.1, -0.05) is 42.8 Å². The number of benzene rings is 2. The highest BCUT2D eigenvalue weighted by Gasteiger charge is 2.04. The molecule has 0 bridgehead atoms. The van der Waals surface area contributed by atoms with Gasteiger partial charge in [0.15, 0.2) is 0 Å². The number of rotatable bonds is 7. The minimum absolute atomic E-state index is 0.171. The molecule has 1 N–H and O–H groups in total. The molecule has 24 heavy (non-hydrogen) atoms. The molecule has 1 amide bonds. The highest BCUT2D eigenvalue weighted by molar-refractivity contribution is 6.30. The third kappa shape index (κ3) is 5.39. The molecule has 0 heterocycles. The third-order valence-electron chi connectivity index (χ3n) is 3.46. The van der Waals surface area contributed by atoms with Crippen molar-refractivity contribution in [3.8, 4) is 5.75 Å². The summed E-state index contributed by atoms with van der Waals surface area (Å²) >= 11 is 5.99. The molecular formula is C19H21ClN2O2. The molecule has 0 unspecified atom stereocenters. The van der Waals surface area contributed by atoms with Gasteiger partial charge in [0, 0.05) is 10.6 Å². The van der Waals surface area contributed by atoms with Crippen LogP contribution in [0.3, 0.4) is 0 Å². The molecule has 0 aliphatic carbocycles. The minimum Gasteiger partial charge on any atom is -0.493 e. The van der Waals surface area contributed by atoms with Crippen molar-refractivity contribution in [2.75, 3.05) is 6.61 Å². The van der Waals surface area contributed by atoms with E-state index < -0.39 is 0 Å². The first-order chi connectivity index (χ1) is 11.6. The van der Waals surface area contributed by atoms with Gasteiger partial charge in [0.2, 0.25) is 5.91 Å². The molecule has 0 aromatic heterocycles. The van der Waals surface area contributed by atoms with Crippen LogP contribution in [0.2, 0.25) is 5.02 Å². The summed E-state index contributed by atoms with van der Waals surface area (Å²) in [5.41, 5.74) is 5.46. The van der Waals surface area contributed by atoms with E-state index in [1.165, 1.54) is 11.8 Å². The number of nitrogens with zero attached hydrogens (tertiary/aromatic N) is 1. The summed E-state index contributed by atoms with van der Waals surface area (Å²) in [5.74, 6) is 0.505. The summed E-state index contributed by atoms with van der Waals surface area (Å²) < 4.78 is 5.50. The molecule has 4 nitrogen and oxygen atoms in total. The molecule has 2 aromatic carbocycles. The van der Waals surface area contributed by atoms with Crippen molar-refractivity contribution in [3.63, 3.8) is 0 Å². The number of hydrazone groups is 1. The van der Waals surface area contributed by atoms with Crippen LogP contribution in [-0.2, 0) is 17.6 Å². The van der Waals surface area contributed by atoms with E-state index in [4.69, 9.17) is 16.3 Å². The Morgan fingerprint density at radius 3 is 2.54 bits per heavy atom. The molecule has 5 heteroatoms. The second kappa shape index (κ2) is 9.08. The van der Waals surface area contributed by atoms with Gasteiger partial charge in [-0.3, -0.25) is 4.79 Å². The van der Waals surface area contributed by atoms with E-state index in [1.807, 2.05) is 31.2 Å². The number of carbonyl (C=O) groups excluding carboxylic acids is 1. The molecule has 0 atom stereocenters. The Bertz CT molecular complexity index is 712. The van der Waals surface area contributed by atoms with Crippen molar-refractivity contribution in [3.05, 3.63) is 64.2 Å². The molecular weight excluding hydrogens is 324 g/mol. The number of amides is 1. The Morgan fingerprint density at radius 2 is 1.88 bits per heavy atom. The van der Waals surface area contributed by atoms with Crippen LogP contribution in [0.25, 0.3) is 0 Å². The maximum Gasteiger partial charge on any atom is 0.244 e. The van der Waals surface area contributed by atoms with Crippen molar-refractivity contribution >= 4 is 23.7 Å². The van der Waals surface area contributed by atoms with Gasteiger partial charge in [-0.2, -0.15) is 5.10 Å². The summed E-state index contributed by atoms with van der Waals surface area (Å²) in [7, 11) is 0. The van der Waals surface area contributed by atoms with E-state index in [0.29, 0.717) is 17.4 Å². The summed E-state index contributed by atoms with van der Waals surface area (Å²) in [4.78, 5) is 12.0. The van der Waals surface area contributed by atoms with Crippen LogP contribution in [0.1, 0.15) is 30.5 Å². The van der Waals surface area contributed by atoms with Crippen LogP contribution in [0.4, 0.5) is 0 Å². The third-order valence-corrected chi connectivity index (χ3v) is 3.70. The van der Waals surface area contributed by atoms with Crippen molar-refractivity contribution in [1.82, 2.24) is 5.43 Å². The van der Waals surface area contributed by atoms with E-state index in [2.05, 4.69) is 17.5 Å². The zero-order valence-electron chi connectivity index (χ0n) is 13.9. The lowest BCUT2D eigenvalue weighted by Crippen LogP contribution is -2.19. The Kier molecular flexibility index (Phi) is 6.82. The standard InChI is InChI=1S/C19H21ClN2O2/c1-3-14-5-7-15(8-6-14)11-19(23)22-21-13-16-12-17(20)9-10-18(16)24-4-2/h5-10,12-13H,3-4,11H2,1-2H3,(H,22,23)/b21-13+. The fourth-order valence-corrected chi connectivity index (χ4v) is 2.38. The normalized spacial score (nSPS) is 10.8. The van der Waals surface area contributed by atoms with Gasteiger partial charge < -0.3 is 4.74 Å². The first-order valence-corrected chi connectivity index (χ1v) is 8.32. The van der Waals surface area contributed by atoms with Crippen LogP contribution >= 0.6 is 11.6 Å². The van der Waals surface area contributed by atoms with Crippen LogP contribution in [0.15, 0.2) is 47.6 Å². The molecule has 0 saturated carbocycles. The number of hydrogen-bond acceptors (Lipinski definition) is 3. The zero-order chi connectivity index (χ0) is 17.4. The lowest BCUT2D eigenvalue weighted by atomic mass is 10.1. The maximum absolute atomic E-state index is 12.0. The van der Waals surface area contributed by atoms with Gasteiger partial charge in [0.1, 0.15) is 5.75 Å². The molecule has 0 aliphatic rings. The summed E-state index contributed by atoms with van der Waals surface area (Å²) in [6, 6.07) is 13.3. The number of hydrogen-bond donors (Lipinski definition) is 1. The van der Waals surface area contributed by atoms with E-state index in [-0.39, 0.29) is 12.3 Å². The van der Waals surface area contributed by atoms with Crippen molar-refractivity contribution in [2.24, 2.45) is 5.10 Å². The van der Waals surface area contributed by atoms with Gasteiger partial charge in [0.25, 0.3) is 0 Å². The Morgan fingerprint density at radius 1 is 1.17 bits per heavy atom. The molecule has 2 rings (SSSR count). The van der Waals surface area contributed by atoms with Crippen LogP contribution in [0, 0.1) is 0 Å². The number of ether oxygens (including phenoxy) is 1. The second-order valence-corrected chi connectivity index (χ2v) is 5.69. The fraction of sp³-hybridized carbons (Fsp3) is 0.263. The van der Waals surface area contributed by atoms with Crippen molar-refractivity contribution in [2.45, 2.75) is 26.7 Å². The van der Waals surface area contributed by atoms with Crippen LogP contribution < -0.4 is 10.2 Å². The maximum atomic E-state index is 12.0. The quantitative estimate of drug-likeness (QED) is 0.609. The van der Waals surface area contributed by atoms with E-state index in [1.54, 1.807) is 18.2 Å². The predicted octanol–water partition coefficient (Wildman–Crippen LogP) is 3.99. The summed E-state index contributed by atoms with van der Waals surface area (Å²) in [5, 5.41) is 4.58. The molecule has 0 saturated heterocycles. The molecule has 2 aromatic rings. The Hall–Kier alpha value is -2.33. The lowest BCUT2D eigenvalue weighted by molar-refractivity contribution is -0.120. The van der Waals surface area contributed by atoms with Gasteiger partial charge in [-0.25, -0.2) is 5.43 Å². The fourth-order valence-electron chi connectivity index (χ4n) is 2.20. The Labute approximate surface area is 147 Å². The second-order valence-electron chi connectivity index (χ2n) is 5.26. The lowest BCUT2D eigenvalue weighted by Gasteiger charge is -2.07. The smallest absolute Gasteiger partial charge is 0.244 e. The average Bonchev–Trinajstić information content (AvgIpc) is 2.58. The number of aryl methyl sites for hydroxylation is 1. The first-order valence-electron chi connectivity index (χ1n) is 7.94. The SMILES string of the molecule is CCOc1ccc(Cl)cc1/C=N/NC(=O)Cc1ccc(CC)cc1. The summed E-state index contributed by atoms with van der Waals surface area (Å²) in [6.07, 6.45) is 2.81. The molecule has 0 aliphatic heterocycles. The van der Waals surface area contributed by atoms with Crippen molar-refractivity contribution < 1.29 is 9.53 Å². The number of carbonyl (C=O) groups is 1. The molecule has 0 radical (unpaired) electrons.